The van der Waals surface area contributed by atoms with E-state index in [0.29, 0.717) is 24.9 Å². The molecule has 9 heteroatoms. The molecule has 1 aromatic heterocycles. The van der Waals surface area contributed by atoms with Gasteiger partial charge in [-0.1, -0.05) is 0 Å². The van der Waals surface area contributed by atoms with E-state index in [1.54, 1.807) is 4.90 Å². The molecule has 9 nitrogen and oxygen atoms in total. The van der Waals surface area contributed by atoms with Crippen LogP contribution in [0.3, 0.4) is 0 Å². The highest BCUT2D eigenvalue weighted by Crippen LogP contribution is 2.35. The molecule has 1 N–H and O–H groups in total. The molecule has 4 heterocycles. The molecular weight excluding hydrogens is 482 g/mol. The Hall–Kier alpha value is -3.07. The Labute approximate surface area is 225 Å². The Balaban J connectivity index is 1.18. The molecule has 0 aliphatic carbocycles. The third kappa shape index (κ3) is 5.82. The lowest BCUT2D eigenvalue weighted by molar-refractivity contribution is -0.120. The lowest BCUT2D eigenvalue weighted by Crippen LogP contribution is -2.49. The van der Waals surface area contributed by atoms with Crippen molar-refractivity contribution in [3.63, 3.8) is 0 Å². The number of carbonyl (C=O) groups is 3. The van der Waals surface area contributed by atoms with Gasteiger partial charge in [0.2, 0.25) is 5.91 Å². The molecule has 38 heavy (non-hydrogen) atoms. The van der Waals surface area contributed by atoms with Crippen LogP contribution in [0, 0.1) is 12.8 Å². The minimum Gasteiger partial charge on any atom is -0.444 e. The van der Waals surface area contributed by atoms with Crippen molar-refractivity contribution in [3.8, 4) is 0 Å². The van der Waals surface area contributed by atoms with Gasteiger partial charge in [0, 0.05) is 63.3 Å². The highest BCUT2D eigenvalue weighted by atomic mass is 16.6. The van der Waals surface area contributed by atoms with Crippen molar-refractivity contribution < 1.29 is 19.1 Å². The molecule has 3 aliphatic heterocycles. The number of aryl methyl sites for hydroxylation is 1. The molecule has 1 aromatic carbocycles. The van der Waals surface area contributed by atoms with Crippen LogP contribution in [-0.4, -0.2) is 77.3 Å². The lowest BCUT2D eigenvalue weighted by atomic mass is 9.95. The second kappa shape index (κ2) is 10.6. The van der Waals surface area contributed by atoms with E-state index in [0.717, 1.165) is 80.6 Å². The quantitative estimate of drug-likeness (QED) is 0.629. The largest absolute Gasteiger partial charge is 0.444 e. The van der Waals surface area contributed by atoms with Crippen molar-refractivity contribution in [2.45, 2.75) is 71.4 Å². The Morgan fingerprint density at radius 1 is 1.03 bits per heavy atom. The molecule has 0 bridgehead atoms. The van der Waals surface area contributed by atoms with E-state index < -0.39 is 5.60 Å². The van der Waals surface area contributed by atoms with Crippen LogP contribution in [0.2, 0.25) is 0 Å². The molecule has 0 radical (unpaired) electrons. The van der Waals surface area contributed by atoms with E-state index in [1.165, 1.54) is 0 Å². The van der Waals surface area contributed by atoms with Crippen LogP contribution in [0.1, 0.15) is 64.5 Å². The van der Waals surface area contributed by atoms with E-state index in [-0.39, 0.29) is 18.0 Å². The SMILES string of the molecule is Cc1cc(N2CCC(=O)NC2=O)c2ccn(C3CCN(CC4CCN(C(=O)OC(C)(C)C)CC4)CC3)c2c1. The molecule has 2 aromatic rings. The van der Waals surface area contributed by atoms with Gasteiger partial charge in [-0.15, -0.1) is 0 Å². The number of amides is 4. The zero-order valence-corrected chi connectivity index (χ0v) is 23.2. The van der Waals surface area contributed by atoms with Gasteiger partial charge in [-0.25, -0.2) is 9.59 Å². The topological polar surface area (TPSA) is 87.1 Å². The smallest absolute Gasteiger partial charge is 0.410 e. The molecule has 3 aliphatic rings. The number of nitrogens with one attached hydrogen (secondary N) is 1. The standard InChI is InChI=1S/C29H41N5O4/c1-20-17-24-23(25(18-20)34-16-10-26(35)30-27(34)36)9-15-33(24)22-7-11-31(12-8-22)19-21-5-13-32(14-6-21)28(37)38-29(2,3)4/h9,15,17-18,21-22H,5-8,10-14,16,19H2,1-4H3,(H,30,35,36). The summed E-state index contributed by atoms with van der Waals surface area (Å²) in [4.78, 5) is 42.7. The summed E-state index contributed by atoms with van der Waals surface area (Å²) in [5.74, 6) is 0.401. The second-order valence-electron chi connectivity index (χ2n) is 12.1. The van der Waals surface area contributed by atoms with Crippen LogP contribution in [0.4, 0.5) is 15.3 Å². The predicted octanol–water partition coefficient (Wildman–Crippen LogP) is 4.68. The number of benzene rings is 1. The number of hydrogen-bond donors (Lipinski definition) is 1. The van der Waals surface area contributed by atoms with Gasteiger partial charge in [0.05, 0.1) is 11.2 Å². The Morgan fingerprint density at radius 3 is 2.39 bits per heavy atom. The van der Waals surface area contributed by atoms with Crippen molar-refractivity contribution in [3.05, 3.63) is 30.0 Å². The summed E-state index contributed by atoms with van der Waals surface area (Å²) in [5, 5.41) is 3.50. The van der Waals surface area contributed by atoms with Crippen molar-refractivity contribution in [2.24, 2.45) is 5.92 Å². The zero-order chi connectivity index (χ0) is 27.0. The lowest BCUT2D eigenvalue weighted by Gasteiger charge is -2.38. The maximum atomic E-state index is 12.5. The maximum Gasteiger partial charge on any atom is 0.410 e. The van der Waals surface area contributed by atoms with Crippen LogP contribution in [-0.2, 0) is 9.53 Å². The van der Waals surface area contributed by atoms with Crippen molar-refractivity contribution in [2.75, 3.05) is 44.2 Å². The van der Waals surface area contributed by atoms with Gasteiger partial charge < -0.3 is 19.1 Å². The fraction of sp³-hybridized carbons (Fsp3) is 0.621. The third-order valence-corrected chi connectivity index (χ3v) is 8.04. The van der Waals surface area contributed by atoms with Crippen LogP contribution in [0.5, 0.6) is 0 Å². The molecule has 0 spiro atoms. The second-order valence-corrected chi connectivity index (χ2v) is 12.1. The van der Waals surface area contributed by atoms with Crippen LogP contribution in [0.25, 0.3) is 10.9 Å². The van der Waals surface area contributed by atoms with Gasteiger partial charge in [0.1, 0.15) is 5.60 Å². The van der Waals surface area contributed by atoms with Crippen LogP contribution >= 0.6 is 0 Å². The molecule has 0 unspecified atom stereocenters. The first-order chi connectivity index (χ1) is 18.1. The number of likely N-dealkylation sites (tertiary alicyclic amines) is 2. The van der Waals surface area contributed by atoms with Gasteiger partial charge in [-0.2, -0.15) is 0 Å². The fourth-order valence-corrected chi connectivity index (χ4v) is 6.08. The number of aromatic nitrogens is 1. The molecule has 0 atom stereocenters. The number of ether oxygens (including phenoxy) is 1. The Morgan fingerprint density at radius 2 is 1.74 bits per heavy atom. The Kier molecular flexibility index (Phi) is 7.40. The third-order valence-electron chi connectivity index (χ3n) is 8.04. The molecular formula is C29H41N5O4. The predicted molar refractivity (Wildman–Crippen MR) is 147 cm³/mol. The van der Waals surface area contributed by atoms with Gasteiger partial charge in [0.15, 0.2) is 0 Å². The monoisotopic (exact) mass is 523 g/mol. The number of imide groups is 1. The summed E-state index contributed by atoms with van der Waals surface area (Å²) < 4.78 is 7.92. The average molecular weight is 524 g/mol. The van der Waals surface area contributed by atoms with Crippen LogP contribution in [0.15, 0.2) is 24.4 Å². The first-order valence-electron chi connectivity index (χ1n) is 14.0. The van der Waals surface area contributed by atoms with Gasteiger partial charge in [-0.3, -0.25) is 15.0 Å². The van der Waals surface area contributed by atoms with Gasteiger partial charge in [-0.05, 0) is 83.1 Å². The number of nitrogens with zero attached hydrogens (tertiary/aromatic N) is 4. The van der Waals surface area contributed by atoms with Crippen molar-refractivity contribution >= 4 is 34.6 Å². The van der Waals surface area contributed by atoms with E-state index in [4.69, 9.17) is 4.74 Å². The van der Waals surface area contributed by atoms with E-state index in [1.807, 2.05) is 31.7 Å². The first-order valence-corrected chi connectivity index (χ1v) is 14.0. The number of hydrogen-bond acceptors (Lipinski definition) is 5. The molecule has 3 saturated heterocycles. The summed E-state index contributed by atoms with van der Waals surface area (Å²) in [6.45, 7) is 13.0. The number of carbonyl (C=O) groups excluding carboxylic acids is 3. The average Bonchev–Trinajstić information content (AvgIpc) is 3.27. The van der Waals surface area contributed by atoms with Crippen molar-refractivity contribution in [1.82, 2.24) is 19.7 Å². The highest BCUT2D eigenvalue weighted by Gasteiger charge is 2.30. The minimum atomic E-state index is -0.452. The molecule has 206 valence electrons. The minimum absolute atomic E-state index is 0.191. The number of fused-ring (bicyclic) bond motifs is 1. The number of piperidine rings is 2. The molecule has 3 fully saturated rings. The summed E-state index contributed by atoms with van der Waals surface area (Å²) >= 11 is 0. The number of rotatable bonds is 4. The molecule has 0 saturated carbocycles. The fourth-order valence-electron chi connectivity index (χ4n) is 6.08. The normalized spacial score (nSPS) is 20.7. The number of urea groups is 1. The van der Waals surface area contributed by atoms with E-state index in [9.17, 15) is 14.4 Å². The first kappa shape index (κ1) is 26.5. The van der Waals surface area contributed by atoms with E-state index >= 15 is 0 Å². The van der Waals surface area contributed by atoms with E-state index in [2.05, 4.69) is 40.0 Å². The van der Waals surface area contributed by atoms with Gasteiger partial charge in [0.25, 0.3) is 0 Å². The maximum absolute atomic E-state index is 12.5. The summed E-state index contributed by atoms with van der Waals surface area (Å²) in [5.41, 5.74) is 2.68. The summed E-state index contributed by atoms with van der Waals surface area (Å²) in [7, 11) is 0. The summed E-state index contributed by atoms with van der Waals surface area (Å²) in [6, 6.07) is 6.43. The highest BCUT2D eigenvalue weighted by molar-refractivity contribution is 6.09. The zero-order valence-electron chi connectivity index (χ0n) is 23.2. The molecule has 5 rings (SSSR count). The number of anilines is 1. The molecule has 4 amide bonds. The van der Waals surface area contributed by atoms with Gasteiger partial charge >= 0.3 is 12.1 Å². The van der Waals surface area contributed by atoms with Crippen LogP contribution < -0.4 is 10.2 Å². The van der Waals surface area contributed by atoms with Crippen molar-refractivity contribution in [1.29, 1.82) is 0 Å². The summed E-state index contributed by atoms with van der Waals surface area (Å²) in [6.07, 6.45) is 6.51. The Bertz CT molecular complexity index is 1200.